The standard InChI is InChI=1S/C12H15BNO5S/c1-7(2)11-12(16)19-13-14(11)20(17,18)9-5-4-8(3)10(15)6-9/h4-7,11,15H,1-3H3. The predicted molar refractivity (Wildman–Crippen MR) is 72.3 cm³/mol. The van der Waals surface area contributed by atoms with Gasteiger partial charge in [-0.15, -0.1) is 0 Å². The number of hydrogen-bond donors (Lipinski definition) is 1. The quantitative estimate of drug-likeness (QED) is 0.834. The Morgan fingerprint density at radius 3 is 2.60 bits per heavy atom. The Labute approximate surface area is 118 Å². The molecule has 0 bridgehead atoms. The molecule has 0 aliphatic carbocycles. The van der Waals surface area contributed by atoms with Gasteiger partial charge in [-0.3, -0.25) is 4.79 Å². The topological polar surface area (TPSA) is 83.9 Å². The van der Waals surface area contributed by atoms with Crippen LogP contribution in [-0.2, 0) is 19.5 Å². The summed E-state index contributed by atoms with van der Waals surface area (Å²) in [5, 5.41) is 9.64. The van der Waals surface area contributed by atoms with Gasteiger partial charge in [0.05, 0.1) is 4.90 Å². The third-order valence-electron chi connectivity index (χ3n) is 3.18. The van der Waals surface area contributed by atoms with Crippen LogP contribution in [0.4, 0.5) is 0 Å². The molecule has 107 valence electrons. The van der Waals surface area contributed by atoms with Gasteiger partial charge in [0.25, 0.3) is 0 Å². The van der Waals surface area contributed by atoms with Crippen LogP contribution in [-0.4, -0.2) is 37.4 Å². The molecule has 2 rings (SSSR count). The SMILES string of the molecule is Cc1ccc(S(=O)(=O)N2[B]OC(=O)C2C(C)C)cc1O. The Balaban J connectivity index is 2.44. The molecule has 1 heterocycles. The molecule has 1 saturated heterocycles. The highest BCUT2D eigenvalue weighted by Crippen LogP contribution is 2.28. The highest BCUT2D eigenvalue weighted by Gasteiger charge is 2.46. The molecule has 1 atom stereocenters. The van der Waals surface area contributed by atoms with Gasteiger partial charge in [-0.1, -0.05) is 19.9 Å². The van der Waals surface area contributed by atoms with Crippen molar-refractivity contribution in [2.75, 3.05) is 0 Å². The minimum absolute atomic E-state index is 0.0826. The molecule has 8 heteroatoms. The maximum atomic E-state index is 12.5. The van der Waals surface area contributed by atoms with Crippen molar-refractivity contribution in [3.63, 3.8) is 0 Å². The number of aromatic hydroxyl groups is 1. The second-order valence-electron chi connectivity index (χ2n) is 5.01. The summed E-state index contributed by atoms with van der Waals surface area (Å²) in [6.07, 6.45) is 0. The Morgan fingerprint density at radius 2 is 2.05 bits per heavy atom. The van der Waals surface area contributed by atoms with Crippen LogP contribution in [0.3, 0.4) is 0 Å². The molecule has 0 spiro atoms. The molecule has 1 aliphatic rings. The van der Waals surface area contributed by atoms with Crippen molar-refractivity contribution in [2.24, 2.45) is 5.92 Å². The highest BCUT2D eigenvalue weighted by molar-refractivity contribution is 7.90. The van der Waals surface area contributed by atoms with E-state index in [4.69, 9.17) is 4.65 Å². The van der Waals surface area contributed by atoms with Crippen LogP contribution in [0.25, 0.3) is 0 Å². The molecule has 1 unspecified atom stereocenters. The molecular weight excluding hydrogens is 281 g/mol. The van der Waals surface area contributed by atoms with E-state index in [-0.39, 0.29) is 16.6 Å². The fourth-order valence-corrected chi connectivity index (χ4v) is 3.52. The fraction of sp³-hybridized carbons (Fsp3) is 0.417. The maximum absolute atomic E-state index is 12.5. The van der Waals surface area contributed by atoms with E-state index in [0.29, 0.717) is 5.56 Å². The normalized spacial score (nSPS) is 20.0. The van der Waals surface area contributed by atoms with E-state index < -0.39 is 22.0 Å². The van der Waals surface area contributed by atoms with E-state index in [0.717, 1.165) is 11.8 Å². The van der Waals surface area contributed by atoms with Gasteiger partial charge in [-0.05, 0) is 24.5 Å². The van der Waals surface area contributed by atoms with Gasteiger partial charge in [-0.25, -0.2) is 8.42 Å². The summed E-state index contributed by atoms with van der Waals surface area (Å²) in [6, 6.07) is 3.17. The Morgan fingerprint density at radius 1 is 1.40 bits per heavy atom. The molecule has 6 nitrogen and oxygen atoms in total. The third kappa shape index (κ3) is 2.40. The zero-order valence-electron chi connectivity index (χ0n) is 11.4. The van der Waals surface area contributed by atoms with E-state index in [1.54, 1.807) is 20.8 Å². The van der Waals surface area contributed by atoms with Gasteiger partial charge in [-0.2, -0.15) is 4.22 Å². The number of hydrogen-bond acceptors (Lipinski definition) is 5. The highest BCUT2D eigenvalue weighted by atomic mass is 32.2. The fourth-order valence-electron chi connectivity index (χ4n) is 1.99. The van der Waals surface area contributed by atoms with Crippen molar-refractivity contribution in [1.29, 1.82) is 0 Å². The van der Waals surface area contributed by atoms with E-state index >= 15 is 0 Å². The largest absolute Gasteiger partial charge is 0.520 e. The van der Waals surface area contributed by atoms with Crippen molar-refractivity contribution in [1.82, 2.24) is 4.22 Å². The summed E-state index contributed by atoms with van der Waals surface area (Å²) in [5.74, 6) is -0.936. The van der Waals surface area contributed by atoms with Gasteiger partial charge in [0.2, 0.25) is 10.0 Å². The Bertz CT molecular complexity index is 643. The van der Waals surface area contributed by atoms with Crippen molar-refractivity contribution in [2.45, 2.75) is 31.7 Å². The molecule has 0 saturated carbocycles. The molecule has 1 radical (unpaired) electrons. The third-order valence-corrected chi connectivity index (χ3v) is 4.89. The van der Waals surface area contributed by atoms with Crippen LogP contribution in [0.5, 0.6) is 5.75 Å². The first kappa shape index (κ1) is 14.9. The summed E-state index contributed by atoms with van der Waals surface area (Å²) in [7, 11) is -3.02. The molecule has 1 aromatic rings. The zero-order chi connectivity index (χ0) is 15.1. The predicted octanol–water partition coefficient (Wildman–Crippen LogP) is 0.807. The number of phenolic OH excluding ortho intramolecular Hbond substituents is 1. The average molecular weight is 296 g/mol. The van der Waals surface area contributed by atoms with E-state index in [1.807, 2.05) is 0 Å². The summed E-state index contributed by atoms with van der Waals surface area (Å²) < 4.78 is 30.6. The second-order valence-corrected chi connectivity index (χ2v) is 6.86. The molecule has 1 aromatic carbocycles. The molecule has 20 heavy (non-hydrogen) atoms. The van der Waals surface area contributed by atoms with E-state index in [2.05, 4.69) is 0 Å². The number of aryl methyl sites for hydroxylation is 1. The van der Waals surface area contributed by atoms with Crippen molar-refractivity contribution >= 4 is 23.6 Å². The number of phenols is 1. The zero-order valence-corrected chi connectivity index (χ0v) is 12.2. The summed E-state index contributed by atoms with van der Waals surface area (Å²) in [5.41, 5.74) is 0.571. The summed E-state index contributed by atoms with van der Waals surface area (Å²) >= 11 is 0. The maximum Gasteiger partial charge on any atom is 0.498 e. The van der Waals surface area contributed by atoms with Crippen LogP contribution in [0.2, 0.25) is 0 Å². The van der Waals surface area contributed by atoms with Crippen LogP contribution < -0.4 is 0 Å². The Hall–Kier alpha value is -1.54. The molecule has 1 aliphatic heterocycles. The van der Waals surface area contributed by atoms with Crippen molar-refractivity contribution < 1.29 is 23.0 Å². The van der Waals surface area contributed by atoms with Crippen molar-refractivity contribution in [3.8, 4) is 5.75 Å². The molecule has 1 N–H and O–H groups in total. The van der Waals surface area contributed by atoms with Gasteiger partial charge in [0.1, 0.15) is 11.8 Å². The van der Waals surface area contributed by atoms with Gasteiger partial charge < -0.3 is 9.76 Å². The van der Waals surface area contributed by atoms with Gasteiger partial charge in [0.15, 0.2) is 0 Å². The van der Waals surface area contributed by atoms with Gasteiger partial charge >= 0.3 is 13.6 Å². The average Bonchev–Trinajstić information content (AvgIpc) is 2.75. The van der Waals surface area contributed by atoms with E-state index in [1.165, 1.54) is 18.2 Å². The number of benzene rings is 1. The van der Waals surface area contributed by atoms with Crippen LogP contribution in [0, 0.1) is 12.8 Å². The number of nitrogens with zero attached hydrogens (tertiary/aromatic N) is 1. The minimum atomic E-state index is -3.93. The van der Waals surface area contributed by atoms with E-state index in [9.17, 15) is 18.3 Å². The molecular formula is C12H15BNO5S. The molecule has 0 amide bonds. The van der Waals surface area contributed by atoms with Gasteiger partial charge in [0, 0.05) is 6.07 Å². The lowest BCUT2D eigenvalue weighted by atomic mass is 10.0. The lowest BCUT2D eigenvalue weighted by Crippen LogP contribution is -2.42. The van der Waals surface area contributed by atoms with Crippen LogP contribution >= 0.6 is 0 Å². The van der Waals surface area contributed by atoms with Crippen LogP contribution in [0.15, 0.2) is 23.1 Å². The lowest BCUT2D eigenvalue weighted by molar-refractivity contribution is -0.135. The number of sulfonamides is 1. The first-order valence-corrected chi connectivity index (χ1v) is 7.56. The van der Waals surface area contributed by atoms with Crippen LogP contribution in [0.1, 0.15) is 19.4 Å². The monoisotopic (exact) mass is 296 g/mol. The number of carbonyl (C=O) groups excluding carboxylic acids is 1. The first-order chi connectivity index (χ1) is 9.25. The smallest absolute Gasteiger partial charge is 0.498 e. The second kappa shape index (κ2) is 5.10. The van der Waals surface area contributed by atoms with Crippen molar-refractivity contribution in [3.05, 3.63) is 23.8 Å². The lowest BCUT2D eigenvalue weighted by Gasteiger charge is -2.22. The molecule has 0 aromatic heterocycles. The molecule has 1 fully saturated rings. The minimum Gasteiger partial charge on any atom is -0.520 e. The first-order valence-electron chi connectivity index (χ1n) is 6.12. The summed E-state index contributed by atoms with van der Waals surface area (Å²) in [4.78, 5) is 11.5. The Kier molecular flexibility index (Phi) is 3.79. The number of carbonyl (C=O) groups is 1. The number of rotatable bonds is 3. The summed E-state index contributed by atoms with van der Waals surface area (Å²) in [6.45, 7) is 5.14.